The zero-order valence-corrected chi connectivity index (χ0v) is 38.3. The zero-order chi connectivity index (χ0) is 51.5. The lowest BCUT2D eigenvalue weighted by atomic mass is 9.61. The lowest BCUT2D eigenvalue weighted by Gasteiger charge is -2.48. The van der Waals surface area contributed by atoms with Crippen molar-refractivity contribution in [2.45, 2.75) is 23.5 Å². The molecule has 19 nitrogen and oxygen atoms in total. The van der Waals surface area contributed by atoms with Crippen molar-refractivity contribution in [3.05, 3.63) is 130 Å². The Labute approximate surface area is 397 Å². The molecule has 0 spiro atoms. The first kappa shape index (κ1) is 55.7. The van der Waals surface area contributed by atoms with Crippen LogP contribution in [-0.2, 0) is 11.2 Å². The summed E-state index contributed by atoms with van der Waals surface area (Å²) in [6, 6.07) is 19.8. The number of phenolic OH excluding ortho intramolecular Hbond substituents is 6. The van der Waals surface area contributed by atoms with Gasteiger partial charge < -0.3 is 90.1 Å². The topological polar surface area (TPSA) is 326 Å². The van der Waals surface area contributed by atoms with Crippen molar-refractivity contribution in [2.24, 2.45) is 0 Å². The number of benzene rings is 5. The molecule has 0 amide bonds. The Kier molecular flexibility index (Phi) is 21.0. The van der Waals surface area contributed by atoms with E-state index in [2.05, 4.69) is 0 Å². The number of carbonyl (C=O) groups is 1. The van der Waals surface area contributed by atoms with Crippen LogP contribution in [0, 0.1) is 0 Å². The summed E-state index contributed by atoms with van der Waals surface area (Å²) in [6.45, 7) is -1.09. The summed E-state index contributed by atoms with van der Waals surface area (Å²) in [4.78, 5) is 12.2. The lowest BCUT2D eigenvalue weighted by molar-refractivity contribution is -0.208. The number of ether oxygens (including phenoxy) is 5. The van der Waals surface area contributed by atoms with E-state index < -0.39 is 47.6 Å². The van der Waals surface area contributed by atoms with E-state index in [1.165, 1.54) is 53.7 Å². The number of hydrogen-bond donors (Lipinski definition) is 13. The molecule has 0 heterocycles. The third kappa shape index (κ3) is 13.7. The predicted octanol–water partition coefficient (Wildman–Crippen LogP) is 4.27. The van der Waals surface area contributed by atoms with Crippen LogP contribution in [0.2, 0.25) is 0 Å². The molecule has 0 saturated carbocycles. The quantitative estimate of drug-likeness (QED) is 0.0691. The van der Waals surface area contributed by atoms with Crippen molar-refractivity contribution >= 4 is 24.2 Å². The van der Waals surface area contributed by atoms with Gasteiger partial charge in [0.25, 0.3) is 0 Å². The Morgan fingerprint density at radius 1 is 0.551 bits per heavy atom. The molecule has 1 aliphatic rings. The van der Waals surface area contributed by atoms with E-state index in [9.17, 15) is 50.8 Å². The molecule has 69 heavy (non-hydrogen) atoms. The van der Waals surface area contributed by atoms with E-state index in [0.29, 0.717) is 22.8 Å². The zero-order valence-electron chi connectivity index (χ0n) is 38.3. The highest BCUT2D eigenvalue weighted by Crippen LogP contribution is 2.53. The van der Waals surface area contributed by atoms with E-state index in [4.69, 9.17) is 44.1 Å². The maximum Gasteiger partial charge on any atom is 0.339 e. The van der Waals surface area contributed by atoms with Crippen molar-refractivity contribution in [1.29, 1.82) is 0 Å². The van der Waals surface area contributed by atoms with Crippen molar-refractivity contribution in [3.8, 4) is 63.2 Å². The van der Waals surface area contributed by atoms with E-state index in [-0.39, 0.29) is 65.4 Å². The number of aliphatic hydroxyl groups is 6. The molecular formula is C50H58O19. The molecule has 0 aromatic heterocycles. The summed E-state index contributed by atoms with van der Waals surface area (Å²) in [5, 5.41) is 126. The average molecular weight is 963 g/mol. The van der Waals surface area contributed by atoms with Gasteiger partial charge in [-0.1, -0.05) is 54.7 Å². The van der Waals surface area contributed by atoms with Gasteiger partial charge in [0.1, 0.15) is 11.4 Å². The molecule has 0 unspecified atom stereocenters. The Morgan fingerprint density at radius 2 is 1.01 bits per heavy atom. The van der Waals surface area contributed by atoms with Crippen LogP contribution in [0.1, 0.15) is 39.3 Å². The molecule has 6 rings (SSSR count). The molecule has 0 fully saturated rings. The van der Waals surface area contributed by atoms with Gasteiger partial charge in [-0.2, -0.15) is 0 Å². The number of hydrogen-bond acceptors (Lipinski definition) is 18. The Bertz CT molecular complexity index is 2530. The molecule has 3 atom stereocenters. The molecule has 19 heteroatoms. The van der Waals surface area contributed by atoms with Crippen LogP contribution >= 0.6 is 0 Å². The number of aromatic hydroxyl groups is 6. The molecule has 0 radical (unpaired) electrons. The Morgan fingerprint density at radius 3 is 1.51 bits per heavy atom. The third-order valence-corrected chi connectivity index (χ3v) is 10.4. The van der Waals surface area contributed by atoms with Crippen LogP contribution in [0.15, 0.2) is 97.1 Å². The van der Waals surface area contributed by atoms with Gasteiger partial charge >= 0.3 is 5.97 Å². The molecule has 0 saturated heterocycles. The predicted molar refractivity (Wildman–Crippen MR) is 253 cm³/mol. The minimum atomic E-state index is -2.97. The number of aliphatic hydroxyl groups excluding tert-OH is 4. The van der Waals surface area contributed by atoms with Crippen LogP contribution in [0.3, 0.4) is 0 Å². The normalized spacial score (nSPS) is 17.1. The highest BCUT2D eigenvalue weighted by atomic mass is 16.5. The minimum Gasteiger partial charge on any atom is -0.508 e. The molecule has 5 aromatic carbocycles. The molecule has 372 valence electrons. The fourth-order valence-corrected chi connectivity index (χ4v) is 6.97. The number of carboxylic acid groups (broad SMARTS) is 1. The van der Waals surface area contributed by atoms with E-state index in [1.54, 1.807) is 91.1 Å². The first-order chi connectivity index (χ1) is 32.9. The maximum atomic E-state index is 12.2. The van der Waals surface area contributed by atoms with Gasteiger partial charge in [-0.25, -0.2) is 4.79 Å². The molecule has 0 bridgehead atoms. The van der Waals surface area contributed by atoms with Crippen LogP contribution in [0.5, 0.6) is 63.2 Å². The smallest absolute Gasteiger partial charge is 0.339 e. The fourth-order valence-electron chi connectivity index (χ4n) is 6.97. The van der Waals surface area contributed by atoms with E-state index in [0.717, 1.165) is 22.8 Å². The van der Waals surface area contributed by atoms with Gasteiger partial charge in [0.15, 0.2) is 46.0 Å². The second kappa shape index (κ2) is 26.0. The van der Waals surface area contributed by atoms with Gasteiger partial charge in [-0.05, 0) is 94.0 Å². The van der Waals surface area contributed by atoms with Crippen molar-refractivity contribution < 1.29 is 94.9 Å². The van der Waals surface area contributed by atoms with Gasteiger partial charge in [-0.3, -0.25) is 0 Å². The summed E-state index contributed by atoms with van der Waals surface area (Å²) in [5.41, 5.74) is -2.50. The SMILES string of the molecule is COc1cc(/C=C/CO)cc(OC)c1O.COc1cc(/C=C/CO)ccc1O.COc1cc2c(cc1O)[C@@H](c1cc(O)c(O)c(OC)c1)[C@@](O)(C(=O)O)[C@](O)(CO)C2.OC/C=C/c1ccc(O)cc1. The van der Waals surface area contributed by atoms with Crippen LogP contribution in [0.25, 0.3) is 18.2 Å². The summed E-state index contributed by atoms with van der Waals surface area (Å²) in [5.74, 6) is -3.74. The number of carboxylic acids is 1. The van der Waals surface area contributed by atoms with E-state index in [1.807, 2.05) is 0 Å². The van der Waals surface area contributed by atoms with Crippen molar-refractivity contribution in [2.75, 3.05) is 62.0 Å². The fraction of sp³-hybridized carbons (Fsp3) is 0.260. The monoisotopic (exact) mass is 962 g/mol. The second-order valence-corrected chi connectivity index (χ2v) is 14.7. The number of methoxy groups -OCH3 is 5. The average Bonchev–Trinajstić information content (AvgIpc) is 3.35. The standard InChI is InChI=1S/C20H22O10.C11H14O4.C10H12O3.C9H10O2/c1-29-14-5-10-7-19(27,8-21)20(28,18(25)26)16(11(10)6-12(14)22)9-3-13(23)17(24)15(4-9)30-2;1-14-9-6-8(4-3-5-12)7-10(15-2)11(9)13;1-13-10-7-8(3-2-6-11)4-5-9(10)12;10-7-1-2-8-3-5-9(11)6-4-8/h3-6,16,21-24,27-28H,7-8H2,1-2H3,(H,25,26);3-4,6-7,12-13H,5H2,1-2H3;2-5,7,11-12H,6H2,1H3;1-6,10-11H,7H2/b;4-3+;3-2+;2-1+/t16-,19-,20-;;;/m1.../s1. The first-order valence-electron chi connectivity index (χ1n) is 20.6. The molecule has 1 aliphatic carbocycles. The Hall–Kier alpha value is -7.65. The maximum absolute atomic E-state index is 12.2. The van der Waals surface area contributed by atoms with Gasteiger partial charge in [-0.15, -0.1) is 0 Å². The first-order valence-corrected chi connectivity index (χ1v) is 20.6. The number of fused-ring (bicyclic) bond motifs is 1. The molecular weight excluding hydrogens is 905 g/mol. The van der Waals surface area contributed by atoms with Gasteiger partial charge in [0.05, 0.1) is 67.9 Å². The largest absolute Gasteiger partial charge is 0.508 e. The highest BCUT2D eigenvalue weighted by Gasteiger charge is 2.63. The number of phenols is 6. The van der Waals surface area contributed by atoms with Crippen LogP contribution in [0.4, 0.5) is 0 Å². The molecule has 13 N–H and O–H groups in total. The van der Waals surface area contributed by atoms with Gasteiger partial charge in [0, 0.05) is 6.42 Å². The summed E-state index contributed by atoms with van der Waals surface area (Å²) in [6.07, 6.45) is 9.64. The van der Waals surface area contributed by atoms with Crippen molar-refractivity contribution in [1.82, 2.24) is 0 Å². The third-order valence-electron chi connectivity index (χ3n) is 10.4. The summed E-state index contributed by atoms with van der Waals surface area (Å²) in [7, 11) is 6.93. The van der Waals surface area contributed by atoms with Gasteiger partial charge in [0.2, 0.25) is 17.1 Å². The molecule has 5 aromatic rings. The number of rotatable bonds is 14. The summed E-state index contributed by atoms with van der Waals surface area (Å²) < 4.78 is 24.9. The lowest BCUT2D eigenvalue weighted by Crippen LogP contribution is -2.67. The number of aliphatic carboxylic acids is 1. The van der Waals surface area contributed by atoms with Crippen LogP contribution < -0.4 is 23.7 Å². The Balaban J connectivity index is 0.000000270. The second-order valence-electron chi connectivity index (χ2n) is 14.7. The van der Waals surface area contributed by atoms with Crippen LogP contribution in [-0.4, -0.2) is 146 Å². The highest BCUT2D eigenvalue weighted by molar-refractivity contribution is 5.83. The molecule has 0 aliphatic heterocycles. The van der Waals surface area contributed by atoms with Crippen molar-refractivity contribution in [3.63, 3.8) is 0 Å². The summed E-state index contributed by atoms with van der Waals surface area (Å²) >= 11 is 0. The minimum absolute atomic E-state index is 0.00317. The van der Waals surface area contributed by atoms with E-state index >= 15 is 0 Å².